The molecule has 1 atom stereocenters. The minimum absolute atomic E-state index is 0.0796. The average Bonchev–Trinajstić information content (AvgIpc) is 2.18. The number of nitrogens with one attached hydrogen (secondary N) is 1. The Bertz CT molecular complexity index is 341. The zero-order chi connectivity index (χ0) is 11.3. The van der Waals surface area contributed by atoms with Crippen molar-refractivity contribution in [2.75, 3.05) is 13.6 Å². The van der Waals surface area contributed by atoms with E-state index in [9.17, 15) is 9.90 Å². The predicted octanol–water partition coefficient (Wildman–Crippen LogP) is -0.505. The molecule has 0 amide bonds. The Balaban J connectivity index is 2.47. The molecule has 4 heteroatoms. The van der Waals surface area contributed by atoms with E-state index in [2.05, 4.69) is 0 Å². The fourth-order valence-electron chi connectivity index (χ4n) is 1.37. The molecule has 0 heterocycles. The van der Waals surface area contributed by atoms with Crippen LogP contribution in [-0.2, 0) is 11.3 Å². The molecule has 82 valence electrons. The molecule has 15 heavy (non-hydrogen) atoms. The molecule has 0 spiro atoms. The first-order valence-corrected chi connectivity index (χ1v) is 5.22. The fourth-order valence-corrected chi connectivity index (χ4v) is 1.57. The van der Waals surface area contributed by atoms with E-state index in [0.717, 1.165) is 22.0 Å². The van der Waals surface area contributed by atoms with Crippen LogP contribution in [0.25, 0.3) is 0 Å². The Labute approximate surface area is 94.3 Å². The van der Waals surface area contributed by atoms with Gasteiger partial charge in [-0.25, -0.2) is 0 Å². The molecule has 0 aliphatic heterocycles. The lowest BCUT2D eigenvalue weighted by Crippen LogP contribution is -3.07. The average molecular weight is 228 g/mol. The normalized spacial score (nSPS) is 12.4. The van der Waals surface area contributed by atoms with Gasteiger partial charge in [-0.15, -0.1) is 0 Å². The van der Waals surface area contributed by atoms with Gasteiger partial charge in [0, 0.05) is 23.0 Å². The minimum Gasteiger partial charge on any atom is -0.550 e. The third-order valence-corrected chi connectivity index (χ3v) is 2.57. The molecule has 0 aliphatic rings. The van der Waals surface area contributed by atoms with Crippen molar-refractivity contribution in [2.45, 2.75) is 13.0 Å². The minimum atomic E-state index is -1.01. The maximum atomic E-state index is 10.3. The van der Waals surface area contributed by atoms with Crippen LogP contribution in [-0.4, -0.2) is 19.6 Å². The third-order valence-electron chi connectivity index (χ3n) is 2.21. The van der Waals surface area contributed by atoms with Gasteiger partial charge in [0.2, 0.25) is 0 Å². The number of aliphatic carboxylic acids is 1. The Morgan fingerprint density at radius 1 is 1.47 bits per heavy atom. The largest absolute Gasteiger partial charge is 0.550 e. The summed E-state index contributed by atoms with van der Waals surface area (Å²) in [7, 11) is 1.94. The topological polar surface area (TPSA) is 44.6 Å². The summed E-state index contributed by atoms with van der Waals surface area (Å²) in [5, 5.41) is 11.0. The summed E-state index contributed by atoms with van der Waals surface area (Å²) in [5.74, 6) is -1.01. The van der Waals surface area contributed by atoms with Crippen LogP contribution in [0.4, 0.5) is 0 Å². The van der Waals surface area contributed by atoms with Gasteiger partial charge in [0.25, 0.3) is 0 Å². The van der Waals surface area contributed by atoms with Crippen molar-refractivity contribution >= 4 is 17.6 Å². The number of rotatable bonds is 5. The van der Waals surface area contributed by atoms with Gasteiger partial charge in [0.15, 0.2) is 0 Å². The third kappa shape index (κ3) is 4.32. The summed E-state index contributed by atoms with van der Waals surface area (Å²) in [5.41, 5.74) is 1.04. The van der Waals surface area contributed by atoms with E-state index in [1.165, 1.54) is 0 Å². The lowest BCUT2D eigenvalue weighted by atomic mass is 10.2. The highest BCUT2D eigenvalue weighted by Crippen LogP contribution is 2.13. The summed E-state index contributed by atoms with van der Waals surface area (Å²) in [6.45, 7) is 1.28. The highest BCUT2D eigenvalue weighted by atomic mass is 35.5. The van der Waals surface area contributed by atoms with Crippen molar-refractivity contribution in [3.63, 3.8) is 0 Å². The van der Waals surface area contributed by atoms with Crippen LogP contribution in [0, 0.1) is 0 Å². The van der Waals surface area contributed by atoms with Crippen LogP contribution in [0.5, 0.6) is 0 Å². The summed E-state index contributed by atoms with van der Waals surface area (Å²) in [6.07, 6.45) is 0.0796. The number of quaternary nitrogens is 1. The molecule has 3 nitrogen and oxygen atoms in total. The van der Waals surface area contributed by atoms with Gasteiger partial charge in [0.05, 0.1) is 13.6 Å². The van der Waals surface area contributed by atoms with Crippen LogP contribution in [0.15, 0.2) is 24.3 Å². The molecule has 1 rings (SSSR count). The molecule has 0 bridgehead atoms. The molecule has 0 aromatic heterocycles. The maximum absolute atomic E-state index is 10.3. The standard InChI is InChI=1S/C11H14ClNO2/c1-13(7-6-11(14)15)8-9-4-2-3-5-10(9)12/h2-5H,6-8H2,1H3,(H,14,15). The van der Waals surface area contributed by atoms with Crippen molar-refractivity contribution in [3.8, 4) is 0 Å². The van der Waals surface area contributed by atoms with E-state index in [0.29, 0.717) is 6.54 Å². The number of hydrogen-bond donors (Lipinski definition) is 1. The molecule has 1 aromatic rings. The Kier molecular flexibility index (Phi) is 4.59. The SMILES string of the molecule is C[NH+](CCC(=O)[O-])Cc1ccccc1Cl. The van der Waals surface area contributed by atoms with Crippen LogP contribution >= 0.6 is 11.6 Å². The maximum Gasteiger partial charge on any atom is 0.104 e. The quantitative estimate of drug-likeness (QED) is 0.737. The first kappa shape index (κ1) is 12.0. The number of hydrogen-bond acceptors (Lipinski definition) is 2. The lowest BCUT2D eigenvalue weighted by molar-refractivity contribution is -0.893. The highest BCUT2D eigenvalue weighted by molar-refractivity contribution is 6.31. The Morgan fingerprint density at radius 2 is 2.13 bits per heavy atom. The fraction of sp³-hybridized carbons (Fsp3) is 0.364. The Morgan fingerprint density at radius 3 is 2.73 bits per heavy atom. The predicted molar refractivity (Wildman–Crippen MR) is 56.5 cm³/mol. The first-order valence-electron chi connectivity index (χ1n) is 4.84. The van der Waals surface area contributed by atoms with E-state index in [4.69, 9.17) is 11.6 Å². The Hall–Kier alpha value is -1.06. The molecule has 0 saturated carbocycles. The molecule has 0 fully saturated rings. The second kappa shape index (κ2) is 5.73. The molecule has 1 N–H and O–H groups in total. The second-order valence-electron chi connectivity index (χ2n) is 3.60. The number of halogens is 1. The summed E-state index contributed by atoms with van der Waals surface area (Å²) in [4.78, 5) is 11.4. The van der Waals surface area contributed by atoms with Crippen molar-refractivity contribution in [2.24, 2.45) is 0 Å². The molecule has 0 radical (unpaired) electrons. The molecule has 0 saturated heterocycles. The number of carbonyl (C=O) groups excluding carboxylic acids is 1. The molecule has 1 aromatic carbocycles. The van der Waals surface area contributed by atoms with Crippen molar-refractivity contribution < 1.29 is 14.8 Å². The molecular weight excluding hydrogens is 214 g/mol. The second-order valence-corrected chi connectivity index (χ2v) is 4.00. The number of carboxylic acids is 1. The van der Waals surface area contributed by atoms with E-state index < -0.39 is 5.97 Å². The van der Waals surface area contributed by atoms with E-state index in [-0.39, 0.29) is 6.42 Å². The van der Waals surface area contributed by atoms with Gasteiger partial charge < -0.3 is 14.8 Å². The van der Waals surface area contributed by atoms with Crippen LogP contribution in [0.2, 0.25) is 5.02 Å². The molecule has 0 aliphatic carbocycles. The zero-order valence-corrected chi connectivity index (χ0v) is 9.38. The number of carboxylic acid groups (broad SMARTS) is 1. The monoisotopic (exact) mass is 227 g/mol. The first-order chi connectivity index (χ1) is 7.09. The van der Waals surface area contributed by atoms with Gasteiger partial charge in [-0.2, -0.15) is 0 Å². The van der Waals surface area contributed by atoms with Gasteiger partial charge in [-0.3, -0.25) is 0 Å². The van der Waals surface area contributed by atoms with Crippen molar-refractivity contribution in [3.05, 3.63) is 34.9 Å². The molecular formula is C11H14ClNO2. The van der Waals surface area contributed by atoms with E-state index >= 15 is 0 Å². The van der Waals surface area contributed by atoms with Crippen molar-refractivity contribution in [1.29, 1.82) is 0 Å². The smallest absolute Gasteiger partial charge is 0.104 e. The summed E-state index contributed by atoms with van der Waals surface area (Å²) >= 11 is 5.99. The summed E-state index contributed by atoms with van der Waals surface area (Å²) in [6, 6.07) is 7.59. The van der Waals surface area contributed by atoms with Crippen LogP contribution in [0.1, 0.15) is 12.0 Å². The zero-order valence-electron chi connectivity index (χ0n) is 8.63. The van der Waals surface area contributed by atoms with Gasteiger partial charge in [-0.05, 0) is 6.07 Å². The number of benzene rings is 1. The number of carbonyl (C=O) groups is 1. The van der Waals surface area contributed by atoms with Gasteiger partial charge >= 0.3 is 0 Å². The summed E-state index contributed by atoms with van der Waals surface area (Å²) < 4.78 is 0. The highest BCUT2D eigenvalue weighted by Gasteiger charge is 2.06. The molecule has 1 unspecified atom stereocenters. The van der Waals surface area contributed by atoms with Crippen molar-refractivity contribution in [1.82, 2.24) is 0 Å². The van der Waals surface area contributed by atoms with Gasteiger partial charge in [0.1, 0.15) is 6.54 Å². The van der Waals surface area contributed by atoms with E-state index in [1.807, 2.05) is 31.3 Å². The van der Waals surface area contributed by atoms with Crippen LogP contribution < -0.4 is 10.0 Å². The van der Waals surface area contributed by atoms with Crippen LogP contribution in [0.3, 0.4) is 0 Å². The van der Waals surface area contributed by atoms with E-state index in [1.54, 1.807) is 0 Å². The van der Waals surface area contributed by atoms with Gasteiger partial charge in [-0.1, -0.05) is 29.8 Å². The lowest BCUT2D eigenvalue weighted by Gasteiger charge is -2.14.